The monoisotopic (exact) mass is 233 g/mol. The second-order valence-electron chi connectivity index (χ2n) is 3.42. The van der Waals surface area contributed by atoms with Crippen molar-refractivity contribution >= 4 is 21.2 Å². The van der Waals surface area contributed by atoms with Crippen LogP contribution in [-0.2, 0) is 16.3 Å². The van der Waals surface area contributed by atoms with Gasteiger partial charge in [-0.05, 0) is 24.8 Å². The highest BCUT2D eigenvalue weighted by Gasteiger charge is 2.13. The maximum Gasteiger partial charge on any atom is 0.152 e. The summed E-state index contributed by atoms with van der Waals surface area (Å²) in [6, 6.07) is 3.60. The number of rotatable bonds is 5. The van der Waals surface area contributed by atoms with Crippen molar-refractivity contribution in [3.8, 4) is 0 Å². The SMILES string of the molecule is CC(N)CS(=O)(=O)CCc1cccs1. The van der Waals surface area contributed by atoms with Gasteiger partial charge in [0.25, 0.3) is 0 Å². The number of nitrogens with two attached hydrogens (primary N) is 1. The van der Waals surface area contributed by atoms with Gasteiger partial charge < -0.3 is 5.73 Å². The van der Waals surface area contributed by atoms with Crippen LogP contribution in [0.3, 0.4) is 0 Å². The molecule has 14 heavy (non-hydrogen) atoms. The maximum atomic E-state index is 11.5. The molecule has 3 nitrogen and oxygen atoms in total. The van der Waals surface area contributed by atoms with Gasteiger partial charge in [0.05, 0.1) is 11.5 Å². The van der Waals surface area contributed by atoms with E-state index in [2.05, 4.69) is 0 Å². The first kappa shape index (κ1) is 11.7. The second kappa shape index (κ2) is 4.91. The van der Waals surface area contributed by atoms with Crippen LogP contribution in [0.25, 0.3) is 0 Å². The first-order valence-corrected chi connectivity index (χ1v) is 7.18. The van der Waals surface area contributed by atoms with Crippen LogP contribution < -0.4 is 5.73 Å². The highest BCUT2D eigenvalue weighted by atomic mass is 32.2. The number of hydrogen-bond donors (Lipinski definition) is 1. The minimum Gasteiger partial charge on any atom is -0.327 e. The third-order valence-electron chi connectivity index (χ3n) is 1.76. The van der Waals surface area contributed by atoms with Crippen molar-refractivity contribution in [3.05, 3.63) is 22.4 Å². The average molecular weight is 233 g/mol. The van der Waals surface area contributed by atoms with Gasteiger partial charge in [0, 0.05) is 10.9 Å². The molecule has 1 aromatic rings. The van der Waals surface area contributed by atoms with E-state index in [1.165, 1.54) is 0 Å². The van der Waals surface area contributed by atoms with E-state index in [-0.39, 0.29) is 17.5 Å². The molecule has 1 rings (SSSR count). The Morgan fingerprint density at radius 3 is 2.79 bits per heavy atom. The van der Waals surface area contributed by atoms with Gasteiger partial charge in [-0.15, -0.1) is 11.3 Å². The lowest BCUT2D eigenvalue weighted by Gasteiger charge is -2.05. The lowest BCUT2D eigenvalue weighted by atomic mass is 10.4. The first-order valence-electron chi connectivity index (χ1n) is 4.48. The fourth-order valence-electron chi connectivity index (χ4n) is 1.19. The zero-order valence-corrected chi connectivity index (χ0v) is 9.77. The predicted molar refractivity (Wildman–Crippen MR) is 60.3 cm³/mol. The Labute approximate surface area is 88.9 Å². The van der Waals surface area contributed by atoms with Gasteiger partial charge in [0.15, 0.2) is 9.84 Å². The number of sulfone groups is 1. The lowest BCUT2D eigenvalue weighted by Crippen LogP contribution is -2.28. The molecule has 1 unspecified atom stereocenters. The zero-order chi connectivity index (χ0) is 10.6. The lowest BCUT2D eigenvalue weighted by molar-refractivity contribution is 0.589. The number of thiophene rings is 1. The summed E-state index contributed by atoms with van der Waals surface area (Å²) in [5, 5.41) is 1.95. The van der Waals surface area contributed by atoms with E-state index in [0.717, 1.165) is 4.88 Å². The molecule has 0 saturated carbocycles. The van der Waals surface area contributed by atoms with Crippen LogP contribution in [0.2, 0.25) is 0 Å². The Morgan fingerprint density at radius 2 is 2.29 bits per heavy atom. The summed E-state index contributed by atoms with van der Waals surface area (Å²) in [6.07, 6.45) is 0.604. The standard InChI is InChI=1S/C9H15NO2S2/c1-8(10)7-14(11,12)6-4-9-3-2-5-13-9/h2-3,5,8H,4,6-7,10H2,1H3. The number of aryl methyl sites for hydroxylation is 1. The summed E-state index contributed by atoms with van der Waals surface area (Å²) in [5.74, 6) is 0.285. The summed E-state index contributed by atoms with van der Waals surface area (Å²) in [6.45, 7) is 1.71. The second-order valence-corrected chi connectivity index (χ2v) is 6.68. The van der Waals surface area contributed by atoms with E-state index in [1.807, 2.05) is 17.5 Å². The summed E-state index contributed by atoms with van der Waals surface area (Å²) in [5.41, 5.74) is 5.45. The van der Waals surface area contributed by atoms with E-state index in [1.54, 1.807) is 18.3 Å². The molecule has 0 spiro atoms. The zero-order valence-electron chi connectivity index (χ0n) is 8.14. The van der Waals surface area contributed by atoms with Crippen LogP contribution in [0.1, 0.15) is 11.8 Å². The van der Waals surface area contributed by atoms with Crippen LogP contribution in [0, 0.1) is 0 Å². The van der Waals surface area contributed by atoms with Crippen LogP contribution in [0.4, 0.5) is 0 Å². The van der Waals surface area contributed by atoms with Gasteiger partial charge in [-0.3, -0.25) is 0 Å². The predicted octanol–water partition coefficient (Wildman–Crippen LogP) is 1.05. The van der Waals surface area contributed by atoms with Crippen molar-refractivity contribution in [1.29, 1.82) is 0 Å². The normalized spacial score (nSPS) is 14.1. The molecule has 1 heterocycles. The van der Waals surface area contributed by atoms with Gasteiger partial charge in [0.1, 0.15) is 0 Å². The topological polar surface area (TPSA) is 60.2 Å². The fraction of sp³-hybridized carbons (Fsp3) is 0.556. The molecular weight excluding hydrogens is 218 g/mol. The summed E-state index contributed by atoms with van der Waals surface area (Å²) >= 11 is 1.59. The molecule has 0 bridgehead atoms. The quantitative estimate of drug-likeness (QED) is 0.827. The molecular formula is C9H15NO2S2. The van der Waals surface area contributed by atoms with Gasteiger partial charge in [-0.2, -0.15) is 0 Å². The fourth-order valence-corrected chi connectivity index (χ4v) is 3.53. The average Bonchev–Trinajstić information content (AvgIpc) is 2.50. The van der Waals surface area contributed by atoms with Crippen LogP contribution in [0.15, 0.2) is 17.5 Å². The highest BCUT2D eigenvalue weighted by molar-refractivity contribution is 7.91. The van der Waals surface area contributed by atoms with Gasteiger partial charge >= 0.3 is 0 Å². The molecule has 0 saturated heterocycles. The van der Waals surface area contributed by atoms with E-state index in [9.17, 15) is 8.42 Å². The third kappa shape index (κ3) is 4.21. The Bertz CT molecular complexity index is 354. The molecule has 0 fully saturated rings. The van der Waals surface area contributed by atoms with E-state index in [4.69, 9.17) is 5.73 Å². The highest BCUT2D eigenvalue weighted by Crippen LogP contribution is 2.10. The number of hydrogen-bond acceptors (Lipinski definition) is 4. The third-order valence-corrected chi connectivity index (χ3v) is 4.55. The smallest absolute Gasteiger partial charge is 0.152 e. The van der Waals surface area contributed by atoms with Crippen molar-refractivity contribution in [3.63, 3.8) is 0 Å². The van der Waals surface area contributed by atoms with E-state index < -0.39 is 9.84 Å². The van der Waals surface area contributed by atoms with Gasteiger partial charge in [0.2, 0.25) is 0 Å². The van der Waals surface area contributed by atoms with Crippen LogP contribution in [-0.4, -0.2) is 26.0 Å². The molecule has 1 aromatic heterocycles. The van der Waals surface area contributed by atoms with Crippen LogP contribution >= 0.6 is 11.3 Å². The molecule has 0 radical (unpaired) electrons. The summed E-state index contributed by atoms with van der Waals surface area (Å²) in [4.78, 5) is 1.11. The minimum atomic E-state index is -2.98. The van der Waals surface area contributed by atoms with Crippen molar-refractivity contribution in [2.24, 2.45) is 5.73 Å². The van der Waals surface area contributed by atoms with E-state index in [0.29, 0.717) is 6.42 Å². The molecule has 0 aromatic carbocycles. The molecule has 1 atom stereocenters. The molecule has 0 aliphatic heterocycles. The van der Waals surface area contributed by atoms with Gasteiger partial charge in [-0.25, -0.2) is 8.42 Å². The molecule has 0 amide bonds. The van der Waals surface area contributed by atoms with Crippen LogP contribution in [0.5, 0.6) is 0 Å². The van der Waals surface area contributed by atoms with Gasteiger partial charge in [-0.1, -0.05) is 6.07 Å². The van der Waals surface area contributed by atoms with Crippen molar-refractivity contribution in [2.75, 3.05) is 11.5 Å². The molecule has 0 aliphatic rings. The van der Waals surface area contributed by atoms with Crippen molar-refractivity contribution < 1.29 is 8.42 Å². The Kier molecular flexibility index (Phi) is 4.10. The van der Waals surface area contributed by atoms with E-state index >= 15 is 0 Å². The van der Waals surface area contributed by atoms with Crippen molar-refractivity contribution in [1.82, 2.24) is 0 Å². The minimum absolute atomic E-state index is 0.0817. The first-order chi connectivity index (χ1) is 6.49. The molecule has 80 valence electrons. The Hall–Kier alpha value is -0.390. The molecule has 0 aliphatic carbocycles. The Morgan fingerprint density at radius 1 is 1.57 bits per heavy atom. The largest absolute Gasteiger partial charge is 0.327 e. The maximum absolute atomic E-state index is 11.5. The molecule has 5 heteroatoms. The summed E-state index contributed by atoms with van der Waals surface area (Å²) in [7, 11) is -2.98. The Balaban J connectivity index is 2.45. The molecule has 2 N–H and O–H groups in total. The van der Waals surface area contributed by atoms with Crippen molar-refractivity contribution in [2.45, 2.75) is 19.4 Å². The summed E-state index contributed by atoms with van der Waals surface area (Å²) < 4.78 is 22.9.